The maximum Gasteiger partial charge on any atom is 0.248 e. The molecule has 128 valence electrons. The summed E-state index contributed by atoms with van der Waals surface area (Å²) in [7, 11) is 0. The molecule has 0 saturated carbocycles. The molecule has 0 radical (unpaired) electrons. The number of likely N-dealkylation sites (tertiary alicyclic amines) is 1. The van der Waals surface area contributed by atoms with E-state index in [1.54, 1.807) is 16.8 Å². The van der Waals surface area contributed by atoms with E-state index in [4.69, 9.17) is 5.73 Å². The van der Waals surface area contributed by atoms with Crippen molar-refractivity contribution < 1.29 is 9.90 Å². The van der Waals surface area contributed by atoms with Gasteiger partial charge in [-0.3, -0.25) is 9.69 Å². The van der Waals surface area contributed by atoms with Gasteiger partial charge in [0.1, 0.15) is 11.3 Å². The molecule has 7 heteroatoms. The number of aromatic nitrogens is 3. The highest BCUT2D eigenvalue weighted by Crippen LogP contribution is 2.31. The number of rotatable bonds is 5. The van der Waals surface area contributed by atoms with Gasteiger partial charge in [0.2, 0.25) is 5.91 Å². The van der Waals surface area contributed by atoms with E-state index >= 15 is 0 Å². The number of β-amino-alcohol motifs (C(OH)–C–C–N with tert-alkyl or cyclic N) is 1. The zero-order valence-corrected chi connectivity index (χ0v) is 14.0. The largest absolute Gasteiger partial charge is 0.382 e. The molecular weight excluding hydrogens is 306 g/mol. The smallest absolute Gasteiger partial charge is 0.248 e. The molecule has 2 heterocycles. The topological polar surface area (TPSA) is 97.3 Å². The predicted molar refractivity (Wildman–Crippen MR) is 89.2 cm³/mol. The number of hydrogen-bond donors (Lipinski definition) is 2. The van der Waals surface area contributed by atoms with Crippen molar-refractivity contribution in [3.05, 3.63) is 47.3 Å². The summed E-state index contributed by atoms with van der Waals surface area (Å²) in [6, 6.07) is 7.47. The van der Waals surface area contributed by atoms with Crippen LogP contribution in [0.3, 0.4) is 0 Å². The molecule has 1 aliphatic heterocycles. The lowest BCUT2D eigenvalue weighted by atomic mass is 10.00. The Morgan fingerprint density at radius 3 is 2.67 bits per heavy atom. The molecule has 0 aliphatic carbocycles. The van der Waals surface area contributed by atoms with E-state index in [0.717, 1.165) is 12.1 Å². The maximum absolute atomic E-state index is 11.1. The van der Waals surface area contributed by atoms with Crippen molar-refractivity contribution >= 4 is 5.91 Å². The van der Waals surface area contributed by atoms with E-state index in [2.05, 4.69) is 15.2 Å². The molecule has 7 nitrogen and oxygen atoms in total. The summed E-state index contributed by atoms with van der Waals surface area (Å²) >= 11 is 0. The van der Waals surface area contributed by atoms with E-state index in [1.165, 1.54) is 0 Å². The minimum absolute atomic E-state index is 0.219. The minimum atomic E-state index is -0.958. The van der Waals surface area contributed by atoms with Crippen LogP contribution in [-0.2, 0) is 12.1 Å². The fourth-order valence-corrected chi connectivity index (χ4v) is 2.99. The number of benzene rings is 1. The second kappa shape index (κ2) is 6.33. The number of amides is 1. The number of nitrogens with zero attached hydrogens (tertiary/aromatic N) is 4. The Balaban J connectivity index is 1.66. The zero-order valence-electron chi connectivity index (χ0n) is 14.0. The summed E-state index contributed by atoms with van der Waals surface area (Å²) in [5, 5.41) is 19.1. The van der Waals surface area contributed by atoms with Crippen LogP contribution in [0.2, 0.25) is 0 Å². The lowest BCUT2D eigenvalue weighted by Gasteiger charge is -2.21. The van der Waals surface area contributed by atoms with Gasteiger partial charge in [-0.15, -0.1) is 5.10 Å². The van der Waals surface area contributed by atoms with Gasteiger partial charge in [0.25, 0.3) is 0 Å². The third-order valence-electron chi connectivity index (χ3n) is 4.49. The first-order valence-electron chi connectivity index (χ1n) is 8.13. The van der Waals surface area contributed by atoms with E-state index in [-0.39, 0.29) is 6.04 Å². The molecule has 0 spiro atoms. The molecule has 1 aromatic carbocycles. The van der Waals surface area contributed by atoms with Crippen LogP contribution in [0.15, 0.2) is 30.5 Å². The molecular formula is C17H23N5O2. The second-order valence-corrected chi connectivity index (χ2v) is 6.73. The average Bonchev–Trinajstić information content (AvgIpc) is 3.16. The summed E-state index contributed by atoms with van der Waals surface area (Å²) in [6.07, 6.45) is 2.46. The van der Waals surface area contributed by atoms with E-state index in [9.17, 15) is 9.90 Å². The van der Waals surface area contributed by atoms with Crippen LogP contribution in [0, 0.1) is 0 Å². The quantitative estimate of drug-likeness (QED) is 0.854. The van der Waals surface area contributed by atoms with Crippen molar-refractivity contribution in [3.63, 3.8) is 0 Å². The highest BCUT2D eigenvalue weighted by molar-refractivity contribution is 5.92. The maximum atomic E-state index is 11.1. The van der Waals surface area contributed by atoms with Gasteiger partial charge < -0.3 is 10.8 Å². The third kappa shape index (κ3) is 3.32. The summed E-state index contributed by atoms with van der Waals surface area (Å²) in [5.41, 5.74) is 6.50. The Morgan fingerprint density at radius 2 is 2.08 bits per heavy atom. The molecule has 1 fully saturated rings. The van der Waals surface area contributed by atoms with E-state index in [0.29, 0.717) is 30.8 Å². The number of primary amides is 1. The molecule has 3 rings (SSSR count). The van der Waals surface area contributed by atoms with Gasteiger partial charge in [-0.05, 0) is 38.0 Å². The highest BCUT2D eigenvalue weighted by Gasteiger charge is 2.40. The molecule has 24 heavy (non-hydrogen) atoms. The van der Waals surface area contributed by atoms with Crippen LogP contribution in [0.25, 0.3) is 0 Å². The van der Waals surface area contributed by atoms with Crippen molar-refractivity contribution in [1.29, 1.82) is 0 Å². The van der Waals surface area contributed by atoms with Gasteiger partial charge in [0.05, 0.1) is 6.20 Å². The monoisotopic (exact) mass is 329 g/mol. The number of hydrogen-bond acceptors (Lipinski definition) is 5. The molecule has 1 saturated heterocycles. The number of nitrogens with two attached hydrogens (primary N) is 1. The van der Waals surface area contributed by atoms with Crippen LogP contribution in [-0.4, -0.2) is 44.0 Å². The van der Waals surface area contributed by atoms with Crippen molar-refractivity contribution in [2.75, 3.05) is 13.1 Å². The fourth-order valence-electron chi connectivity index (χ4n) is 2.99. The molecule has 3 N–H and O–H groups in total. The van der Waals surface area contributed by atoms with E-state index in [1.807, 2.05) is 32.2 Å². The second-order valence-electron chi connectivity index (χ2n) is 6.73. The minimum Gasteiger partial charge on any atom is -0.382 e. The summed E-state index contributed by atoms with van der Waals surface area (Å²) in [4.78, 5) is 13.3. The Kier molecular flexibility index (Phi) is 4.38. The SMILES string of the molecule is CC(C)n1cc(C2(O)CCN(Cc3ccc(C(N)=O)cc3)C2)nn1. The van der Waals surface area contributed by atoms with Crippen LogP contribution >= 0.6 is 0 Å². The first-order chi connectivity index (χ1) is 11.4. The number of carbonyl (C=O) groups is 1. The summed E-state index contributed by atoms with van der Waals surface area (Å²) in [5.74, 6) is -0.426. The molecule has 1 atom stereocenters. The summed E-state index contributed by atoms with van der Waals surface area (Å²) in [6.45, 7) is 6.06. The van der Waals surface area contributed by atoms with Crippen LogP contribution < -0.4 is 5.73 Å². The molecule has 0 bridgehead atoms. The van der Waals surface area contributed by atoms with Crippen LogP contribution in [0.5, 0.6) is 0 Å². The molecule has 2 aromatic rings. The van der Waals surface area contributed by atoms with E-state index < -0.39 is 11.5 Å². The van der Waals surface area contributed by atoms with Gasteiger partial charge in [0.15, 0.2) is 0 Å². The summed E-state index contributed by atoms with van der Waals surface area (Å²) < 4.78 is 1.76. The first-order valence-corrected chi connectivity index (χ1v) is 8.13. The van der Waals surface area contributed by atoms with Crippen molar-refractivity contribution in [2.24, 2.45) is 5.73 Å². The first kappa shape index (κ1) is 16.6. The molecule has 1 aromatic heterocycles. The average molecular weight is 329 g/mol. The normalized spacial score (nSPS) is 21.5. The van der Waals surface area contributed by atoms with Gasteiger partial charge >= 0.3 is 0 Å². The van der Waals surface area contributed by atoms with Gasteiger partial charge in [-0.1, -0.05) is 17.3 Å². The third-order valence-corrected chi connectivity index (χ3v) is 4.49. The Morgan fingerprint density at radius 1 is 1.38 bits per heavy atom. The van der Waals surface area contributed by atoms with Crippen molar-refractivity contribution in [1.82, 2.24) is 19.9 Å². The predicted octanol–water partition coefficient (Wildman–Crippen LogP) is 1.05. The Labute approximate surface area is 141 Å². The highest BCUT2D eigenvalue weighted by atomic mass is 16.3. The molecule has 1 amide bonds. The zero-order chi connectivity index (χ0) is 17.3. The van der Waals surface area contributed by atoms with Crippen LogP contribution in [0.1, 0.15) is 47.9 Å². The number of carbonyl (C=O) groups excluding carboxylic acids is 1. The van der Waals surface area contributed by atoms with Crippen LogP contribution in [0.4, 0.5) is 0 Å². The Hall–Kier alpha value is -2.25. The van der Waals surface area contributed by atoms with Gasteiger partial charge in [0, 0.05) is 31.2 Å². The standard InChI is InChI=1S/C17H23N5O2/c1-12(2)22-10-15(19-20-22)17(24)7-8-21(11-17)9-13-3-5-14(6-4-13)16(18)23/h3-6,10,12,24H,7-9,11H2,1-2H3,(H2,18,23). The molecule has 1 aliphatic rings. The van der Waals surface area contributed by atoms with Crippen molar-refractivity contribution in [3.8, 4) is 0 Å². The lowest BCUT2D eigenvalue weighted by molar-refractivity contribution is 0.0408. The molecule has 1 unspecified atom stereocenters. The fraction of sp³-hybridized carbons (Fsp3) is 0.471. The van der Waals surface area contributed by atoms with Gasteiger partial charge in [-0.25, -0.2) is 4.68 Å². The van der Waals surface area contributed by atoms with Gasteiger partial charge in [-0.2, -0.15) is 0 Å². The lowest BCUT2D eigenvalue weighted by Crippen LogP contribution is -2.31. The van der Waals surface area contributed by atoms with Crippen molar-refractivity contribution in [2.45, 2.75) is 38.5 Å². The number of aliphatic hydroxyl groups is 1. The Bertz CT molecular complexity index is 725.